The molecule has 0 saturated carbocycles. The average Bonchev–Trinajstić information content (AvgIpc) is 2.55. The van der Waals surface area contributed by atoms with Crippen molar-refractivity contribution in [2.24, 2.45) is 0 Å². The Morgan fingerprint density at radius 2 is 2.27 bits per heavy atom. The average molecular weight is 296 g/mol. The molecule has 1 N–H and O–H groups in total. The highest BCUT2D eigenvalue weighted by atomic mass is 16.1. The Labute approximate surface area is 130 Å². The van der Waals surface area contributed by atoms with Gasteiger partial charge in [-0.3, -0.25) is 14.8 Å². The number of aromatic nitrogens is 2. The van der Waals surface area contributed by atoms with Crippen LogP contribution >= 0.6 is 0 Å². The Hall–Kier alpha value is -2.27. The van der Waals surface area contributed by atoms with Crippen molar-refractivity contribution in [2.45, 2.75) is 19.4 Å². The molecule has 3 heterocycles. The lowest BCUT2D eigenvalue weighted by atomic mass is 9.97. The second-order valence-corrected chi connectivity index (χ2v) is 5.64. The molecule has 1 aliphatic heterocycles. The van der Waals surface area contributed by atoms with Crippen LogP contribution < -0.4 is 5.32 Å². The van der Waals surface area contributed by atoms with E-state index in [1.54, 1.807) is 12.4 Å². The van der Waals surface area contributed by atoms with Gasteiger partial charge < -0.3 is 10.2 Å². The molecule has 114 valence electrons. The van der Waals surface area contributed by atoms with E-state index < -0.39 is 0 Å². The largest absolute Gasteiger partial charge is 0.352 e. The Balaban J connectivity index is 1.64. The van der Waals surface area contributed by atoms with Crippen LogP contribution in [0.2, 0.25) is 0 Å². The summed E-state index contributed by atoms with van der Waals surface area (Å²) in [5.41, 5.74) is 4.00. The molecule has 5 nitrogen and oxygen atoms in total. The van der Waals surface area contributed by atoms with Gasteiger partial charge in [-0.05, 0) is 36.7 Å². The number of amides is 1. The lowest BCUT2D eigenvalue weighted by Crippen LogP contribution is -2.31. The standard InChI is InChI=1S/C17H20N4O/c1-21-9-6-15-13(12-21)10-18-11-16(15)17(22)20-8-5-14-4-2-3-7-19-14/h2-4,7,10-11H,5-6,8-9,12H2,1H3,(H,20,22). The van der Waals surface area contributed by atoms with Gasteiger partial charge in [0.2, 0.25) is 0 Å². The molecule has 0 fully saturated rings. The zero-order valence-corrected chi connectivity index (χ0v) is 12.7. The lowest BCUT2D eigenvalue weighted by Gasteiger charge is -2.25. The van der Waals surface area contributed by atoms with Gasteiger partial charge >= 0.3 is 0 Å². The first-order valence-electron chi connectivity index (χ1n) is 7.56. The summed E-state index contributed by atoms with van der Waals surface area (Å²) < 4.78 is 0. The van der Waals surface area contributed by atoms with Crippen molar-refractivity contribution in [1.82, 2.24) is 20.2 Å². The Morgan fingerprint density at radius 1 is 1.36 bits per heavy atom. The summed E-state index contributed by atoms with van der Waals surface area (Å²) in [6, 6.07) is 5.81. The van der Waals surface area contributed by atoms with E-state index in [0.29, 0.717) is 12.1 Å². The van der Waals surface area contributed by atoms with E-state index in [9.17, 15) is 4.79 Å². The van der Waals surface area contributed by atoms with Gasteiger partial charge in [0, 0.05) is 50.3 Å². The monoisotopic (exact) mass is 296 g/mol. The van der Waals surface area contributed by atoms with E-state index in [-0.39, 0.29) is 5.91 Å². The summed E-state index contributed by atoms with van der Waals surface area (Å²) in [5.74, 6) is -0.0372. The summed E-state index contributed by atoms with van der Waals surface area (Å²) >= 11 is 0. The molecular formula is C17H20N4O. The third-order valence-corrected chi connectivity index (χ3v) is 3.97. The number of nitrogens with zero attached hydrogens (tertiary/aromatic N) is 3. The van der Waals surface area contributed by atoms with Crippen molar-refractivity contribution in [3.05, 3.63) is 59.2 Å². The highest BCUT2D eigenvalue weighted by molar-refractivity contribution is 5.95. The van der Waals surface area contributed by atoms with Crippen LogP contribution in [0.25, 0.3) is 0 Å². The minimum absolute atomic E-state index is 0.0372. The normalized spacial score (nSPS) is 14.4. The highest BCUT2D eigenvalue weighted by Crippen LogP contribution is 2.20. The van der Waals surface area contributed by atoms with Crippen LogP contribution in [0.4, 0.5) is 0 Å². The van der Waals surface area contributed by atoms with Gasteiger partial charge in [-0.2, -0.15) is 0 Å². The molecule has 0 saturated heterocycles. The number of pyridine rings is 2. The third kappa shape index (κ3) is 3.31. The number of likely N-dealkylation sites (N-methyl/N-ethyl adjacent to an activating group) is 1. The fourth-order valence-electron chi connectivity index (χ4n) is 2.78. The molecule has 1 aliphatic rings. The second kappa shape index (κ2) is 6.66. The quantitative estimate of drug-likeness (QED) is 0.927. The number of carbonyl (C=O) groups excluding carboxylic acids is 1. The van der Waals surface area contributed by atoms with Gasteiger partial charge in [0.25, 0.3) is 5.91 Å². The first-order valence-corrected chi connectivity index (χ1v) is 7.56. The molecule has 2 aromatic rings. The molecule has 3 rings (SSSR count). The smallest absolute Gasteiger partial charge is 0.253 e. The first kappa shape index (κ1) is 14.7. The number of hydrogen-bond acceptors (Lipinski definition) is 4. The van der Waals surface area contributed by atoms with Crippen molar-refractivity contribution < 1.29 is 4.79 Å². The summed E-state index contributed by atoms with van der Waals surface area (Å²) in [6.07, 6.45) is 6.95. The number of hydrogen-bond donors (Lipinski definition) is 1. The van der Waals surface area contributed by atoms with E-state index in [0.717, 1.165) is 42.8 Å². The van der Waals surface area contributed by atoms with E-state index in [1.807, 2.05) is 24.4 Å². The zero-order chi connectivity index (χ0) is 15.4. The molecule has 5 heteroatoms. The number of fused-ring (bicyclic) bond motifs is 1. The molecule has 0 aliphatic carbocycles. The van der Waals surface area contributed by atoms with E-state index in [4.69, 9.17) is 0 Å². The number of nitrogens with one attached hydrogen (secondary N) is 1. The highest BCUT2D eigenvalue weighted by Gasteiger charge is 2.20. The molecule has 2 aromatic heterocycles. The Morgan fingerprint density at radius 3 is 3.09 bits per heavy atom. The van der Waals surface area contributed by atoms with Crippen LogP contribution in [0, 0.1) is 0 Å². The van der Waals surface area contributed by atoms with Crippen LogP contribution in [-0.4, -0.2) is 40.9 Å². The topological polar surface area (TPSA) is 58.1 Å². The van der Waals surface area contributed by atoms with Crippen LogP contribution in [0.15, 0.2) is 36.8 Å². The molecule has 0 spiro atoms. The van der Waals surface area contributed by atoms with Crippen LogP contribution in [0.1, 0.15) is 27.2 Å². The zero-order valence-electron chi connectivity index (χ0n) is 12.7. The van der Waals surface area contributed by atoms with Crippen LogP contribution in [0.5, 0.6) is 0 Å². The predicted molar refractivity (Wildman–Crippen MR) is 84.5 cm³/mol. The maximum atomic E-state index is 12.4. The SMILES string of the molecule is CN1CCc2c(cncc2C(=O)NCCc2ccccn2)C1. The molecule has 22 heavy (non-hydrogen) atoms. The van der Waals surface area contributed by atoms with Gasteiger partial charge in [0.1, 0.15) is 0 Å². The van der Waals surface area contributed by atoms with Crippen LogP contribution in [-0.2, 0) is 19.4 Å². The van der Waals surface area contributed by atoms with Crippen molar-refractivity contribution in [3.63, 3.8) is 0 Å². The van der Waals surface area contributed by atoms with Crippen molar-refractivity contribution >= 4 is 5.91 Å². The van der Waals surface area contributed by atoms with Gasteiger partial charge in [-0.15, -0.1) is 0 Å². The fraction of sp³-hybridized carbons (Fsp3) is 0.353. The number of rotatable bonds is 4. The molecule has 1 amide bonds. The van der Waals surface area contributed by atoms with Crippen molar-refractivity contribution in [2.75, 3.05) is 20.1 Å². The second-order valence-electron chi connectivity index (χ2n) is 5.64. The predicted octanol–water partition coefficient (Wildman–Crippen LogP) is 1.44. The molecule has 0 bridgehead atoms. The van der Waals surface area contributed by atoms with E-state index >= 15 is 0 Å². The molecule has 0 atom stereocenters. The number of carbonyl (C=O) groups is 1. The van der Waals surface area contributed by atoms with E-state index in [2.05, 4.69) is 27.2 Å². The fourth-order valence-corrected chi connectivity index (χ4v) is 2.78. The van der Waals surface area contributed by atoms with Crippen molar-refractivity contribution in [3.8, 4) is 0 Å². The minimum Gasteiger partial charge on any atom is -0.352 e. The van der Waals surface area contributed by atoms with Crippen LogP contribution in [0.3, 0.4) is 0 Å². The Kier molecular flexibility index (Phi) is 4.44. The van der Waals surface area contributed by atoms with Gasteiger partial charge in [-0.1, -0.05) is 6.07 Å². The molecular weight excluding hydrogens is 276 g/mol. The van der Waals surface area contributed by atoms with Gasteiger partial charge in [0.05, 0.1) is 5.56 Å². The van der Waals surface area contributed by atoms with E-state index in [1.165, 1.54) is 0 Å². The maximum absolute atomic E-state index is 12.4. The lowest BCUT2D eigenvalue weighted by molar-refractivity contribution is 0.0952. The van der Waals surface area contributed by atoms with Crippen molar-refractivity contribution in [1.29, 1.82) is 0 Å². The summed E-state index contributed by atoms with van der Waals surface area (Å²) in [5, 5.41) is 2.98. The summed E-state index contributed by atoms with van der Waals surface area (Å²) in [4.78, 5) is 23.1. The Bertz CT molecular complexity index is 657. The van der Waals surface area contributed by atoms with Gasteiger partial charge in [-0.25, -0.2) is 0 Å². The third-order valence-electron chi connectivity index (χ3n) is 3.97. The summed E-state index contributed by atoms with van der Waals surface area (Å²) in [7, 11) is 2.09. The summed E-state index contributed by atoms with van der Waals surface area (Å²) in [6.45, 7) is 2.42. The minimum atomic E-state index is -0.0372. The maximum Gasteiger partial charge on any atom is 0.253 e. The molecule has 0 unspecified atom stereocenters. The molecule has 0 radical (unpaired) electrons. The molecule has 0 aromatic carbocycles. The first-order chi connectivity index (χ1) is 10.7. The van der Waals surface area contributed by atoms with Gasteiger partial charge in [0.15, 0.2) is 0 Å².